The Morgan fingerprint density at radius 1 is 0.453 bits per heavy atom. The van der Waals surface area contributed by atoms with E-state index in [1.807, 2.05) is 0 Å². The minimum absolute atomic E-state index is 0.0588. The second-order valence-electron chi connectivity index (χ2n) is 20.8. The molecule has 2 rings (SSSR count). The zero-order valence-electron chi connectivity index (χ0n) is 46.8. The standard InChI is InChI=1S/C61H108O14/c1-3-5-7-9-11-13-15-17-19-20-21-22-23-24-25-26-27-28-29-31-33-35-37-39-41-43-45-70-47-50(73-53(63)44-42-40-38-36-34-32-30-18-16-14-12-10-8-6-4-2)48-71-60-59(69)57(67)55(65)52(75-60)49-72-61-58(68)56(66)54(64)51(46-62)74-61/h5,7,11,13,17,19,21-22,24-25,50-52,54-62,64-69H,3-4,6,8-10,12,14-16,18,20,23,26-49H2,1-2H3/b7-5-,13-11-,19-17-,22-21-,25-24-. The Morgan fingerprint density at radius 2 is 0.867 bits per heavy atom. The molecule has 11 unspecified atom stereocenters. The fraction of sp³-hybridized carbons (Fsp3) is 0.820. The third-order valence-corrected chi connectivity index (χ3v) is 14.0. The first-order valence-electron chi connectivity index (χ1n) is 29.9. The van der Waals surface area contributed by atoms with E-state index in [-0.39, 0.29) is 25.6 Å². The molecule has 75 heavy (non-hydrogen) atoms. The molecule has 0 radical (unpaired) electrons. The molecule has 11 atom stereocenters. The highest BCUT2D eigenvalue weighted by atomic mass is 16.7. The molecule has 0 bridgehead atoms. The fourth-order valence-corrected chi connectivity index (χ4v) is 9.25. The van der Waals surface area contributed by atoms with Crippen LogP contribution < -0.4 is 0 Å². The lowest BCUT2D eigenvalue weighted by atomic mass is 9.98. The lowest BCUT2D eigenvalue weighted by molar-refractivity contribution is -0.332. The predicted octanol–water partition coefficient (Wildman–Crippen LogP) is 10.9. The summed E-state index contributed by atoms with van der Waals surface area (Å²) in [5.41, 5.74) is 0. The minimum atomic E-state index is -1.71. The highest BCUT2D eigenvalue weighted by Gasteiger charge is 2.47. The molecule has 0 aromatic carbocycles. The monoisotopic (exact) mass is 1060 g/mol. The van der Waals surface area contributed by atoms with Gasteiger partial charge in [-0.1, -0.05) is 216 Å². The molecule has 14 nitrogen and oxygen atoms in total. The van der Waals surface area contributed by atoms with Crippen LogP contribution >= 0.6 is 0 Å². The fourth-order valence-electron chi connectivity index (χ4n) is 9.25. The largest absolute Gasteiger partial charge is 0.457 e. The Hall–Kier alpha value is -2.31. The summed E-state index contributed by atoms with van der Waals surface area (Å²) in [4.78, 5) is 13.1. The van der Waals surface area contributed by atoms with Crippen molar-refractivity contribution in [3.8, 4) is 0 Å². The summed E-state index contributed by atoms with van der Waals surface area (Å²) in [6.07, 6.45) is 42.8. The summed E-state index contributed by atoms with van der Waals surface area (Å²) in [5, 5.41) is 72.4. The van der Waals surface area contributed by atoms with Gasteiger partial charge in [-0.05, 0) is 57.8 Å². The number of carbonyl (C=O) groups is 1. The number of aliphatic hydroxyl groups is 7. The zero-order chi connectivity index (χ0) is 54.4. The second-order valence-corrected chi connectivity index (χ2v) is 20.8. The van der Waals surface area contributed by atoms with E-state index in [0.717, 1.165) is 77.0 Å². The number of carbonyl (C=O) groups excluding carboxylic acids is 1. The molecular formula is C61H108O14. The van der Waals surface area contributed by atoms with Crippen molar-refractivity contribution in [1.82, 2.24) is 0 Å². The quantitative estimate of drug-likeness (QED) is 0.0172. The zero-order valence-corrected chi connectivity index (χ0v) is 46.8. The van der Waals surface area contributed by atoms with Gasteiger partial charge in [-0.25, -0.2) is 0 Å². The van der Waals surface area contributed by atoms with Crippen molar-refractivity contribution < 1.29 is 69.0 Å². The number of aliphatic hydroxyl groups excluding tert-OH is 7. The van der Waals surface area contributed by atoms with Crippen LogP contribution in [0.3, 0.4) is 0 Å². The Labute approximate surface area is 454 Å². The van der Waals surface area contributed by atoms with Crippen LogP contribution in [0, 0.1) is 0 Å². The molecule has 0 aliphatic carbocycles. The molecule has 0 amide bonds. The molecule has 2 saturated heterocycles. The maximum Gasteiger partial charge on any atom is 0.306 e. The lowest BCUT2D eigenvalue weighted by Crippen LogP contribution is -2.61. The highest BCUT2D eigenvalue weighted by molar-refractivity contribution is 5.69. The van der Waals surface area contributed by atoms with Crippen molar-refractivity contribution in [2.24, 2.45) is 0 Å². The average Bonchev–Trinajstić information content (AvgIpc) is 3.41. The first-order valence-corrected chi connectivity index (χ1v) is 29.9. The van der Waals surface area contributed by atoms with Crippen LogP contribution in [0.4, 0.5) is 0 Å². The van der Waals surface area contributed by atoms with Crippen LogP contribution in [0.2, 0.25) is 0 Å². The van der Waals surface area contributed by atoms with Gasteiger partial charge < -0.3 is 64.2 Å². The summed E-state index contributed by atoms with van der Waals surface area (Å²) < 4.78 is 34.4. The van der Waals surface area contributed by atoms with Crippen LogP contribution in [0.25, 0.3) is 0 Å². The Morgan fingerprint density at radius 3 is 1.36 bits per heavy atom. The molecule has 2 fully saturated rings. The topological polar surface area (TPSA) is 214 Å². The molecule has 2 aliphatic rings. The van der Waals surface area contributed by atoms with Gasteiger partial charge in [0.15, 0.2) is 12.6 Å². The van der Waals surface area contributed by atoms with Crippen molar-refractivity contribution in [3.05, 3.63) is 60.8 Å². The highest BCUT2D eigenvalue weighted by Crippen LogP contribution is 2.27. The van der Waals surface area contributed by atoms with Gasteiger partial charge in [0.2, 0.25) is 0 Å². The molecule has 2 heterocycles. The molecule has 0 saturated carbocycles. The third-order valence-electron chi connectivity index (χ3n) is 14.0. The van der Waals surface area contributed by atoms with Crippen LogP contribution in [0.5, 0.6) is 0 Å². The van der Waals surface area contributed by atoms with Crippen molar-refractivity contribution in [2.75, 3.05) is 33.0 Å². The van der Waals surface area contributed by atoms with Crippen LogP contribution in [0.1, 0.15) is 219 Å². The molecule has 436 valence electrons. The normalized spacial score (nSPS) is 25.0. The first kappa shape index (κ1) is 68.8. The number of hydrogen-bond donors (Lipinski definition) is 7. The number of ether oxygens (including phenoxy) is 6. The Bertz CT molecular complexity index is 1470. The predicted molar refractivity (Wildman–Crippen MR) is 298 cm³/mol. The van der Waals surface area contributed by atoms with E-state index in [1.54, 1.807) is 0 Å². The number of unbranched alkanes of at least 4 members (excludes halogenated alkanes) is 24. The lowest BCUT2D eigenvalue weighted by Gasteiger charge is -2.42. The smallest absolute Gasteiger partial charge is 0.306 e. The van der Waals surface area contributed by atoms with Crippen LogP contribution in [0.15, 0.2) is 60.8 Å². The maximum atomic E-state index is 13.1. The molecule has 0 aromatic rings. The van der Waals surface area contributed by atoms with E-state index >= 15 is 0 Å². The van der Waals surface area contributed by atoms with Crippen LogP contribution in [-0.4, -0.2) is 142 Å². The summed E-state index contributed by atoms with van der Waals surface area (Å²) >= 11 is 0. The van der Waals surface area contributed by atoms with Gasteiger partial charge in [0.05, 0.1) is 26.4 Å². The van der Waals surface area contributed by atoms with E-state index in [4.69, 9.17) is 28.4 Å². The van der Waals surface area contributed by atoms with Gasteiger partial charge >= 0.3 is 5.97 Å². The van der Waals surface area contributed by atoms with Crippen molar-refractivity contribution >= 4 is 5.97 Å². The number of hydrogen-bond acceptors (Lipinski definition) is 14. The molecule has 0 aromatic heterocycles. The summed E-state index contributed by atoms with van der Waals surface area (Å²) in [5.74, 6) is -0.376. The van der Waals surface area contributed by atoms with Crippen molar-refractivity contribution in [3.63, 3.8) is 0 Å². The number of esters is 1. The molecule has 7 N–H and O–H groups in total. The number of rotatable bonds is 48. The summed E-state index contributed by atoms with van der Waals surface area (Å²) in [6, 6.07) is 0. The van der Waals surface area contributed by atoms with Gasteiger partial charge in [-0.15, -0.1) is 0 Å². The van der Waals surface area contributed by atoms with E-state index < -0.39 is 80.7 Å². The van der Waals surface area contributed by atoms with Crippen molar-refractivity contribution in [1.29, 1.82) is 0 Å². The van der Waals surface area contributed by atoms with Gasteiger partial charge in [0, 0.05) is 13.0 Å². The molecular weight excluding hydrogens is 957 g/mol. The average molecular weight is 1070 g/mol. The molecule has 14 heteroatoms. The Balaban J connectivity index is 1.68. The second kappa shape index (κ2) is 47.7. The molecule has 2 aliphatic heterocycles. The number of allylic oxidation sites excluding steroid dienone is 10. The molecule has 0 spiro atoms. The van der Waals surface area contributed by atoms with Crippen molar-refractivity contribution in [2.45, 2.75) is 287 Å². The summed E-state index contributed by atoms with van der Waals surface area (Å²) in [7, 11) is 0. The van der Waals surface area contributed by atoms with E-state index in [9.17, 15) is 40.5 Å². The van der Waals surface area contributed by atoms with Gasteiger partial charge in [-0.2, -0.15) is 0 Å². The maximum absolute atomic E-state index is 13.1. The summed E-state index contributed by atoms with van der Waals surface area (Å²) in [6.45, 7) is 3.59. The first-order chi connectivity index (χ1) is 36.6. The van der Waals surface area contributed by atoms with E-state index in [2.05, 4.69) is 74.6 Å². The van der Waals surface area contributed by atoms with Gasteiger partial charge in [-0.3, -0.25) is 4.79 Å². The minimum Gasteiger partial charge on any atom is -0.457 e. The van der Waals surface area contributed by atoms with E-state index in [0.29, 0.717) is 13.0 Å². The SMILES string of the molecule is CC/C=C\C/C=C\C/C=C\C/C=C\C/C=C\CCCCCCCCCCCCOCC(COC1OC(COC2OC(CO)C(O)C(O)C2O)C(O)C(O)C1O)OC(=O)CCCCCCCCCCCCCCCCC. The Kier molecular flexibility index (Phi) is 43.7. The van der Waals surface area contributed by atoms with Gasteiger partial charge in [0.25, 0.3) is 0 Å². The van der Waals surface area contributed by atoms with Crippen LogP contribution in [-0.2, 0) is 33.2 Å². The van der Waals surface area contributed by atoms with Gasteiger partial charge in [0.1, 0.15) is 54.9 Å². The van der Waals surface area contributed by atoms with E-state index in [1.165, 1.54) is 116 Å². The third kappa shape index (κ3) is 34.3.